The normalized spacial score (nSPS) is 11.2. The molecule has 0 saturated heterocycles. The summed E-state index contributed by atoms with van der Waals surface area (Å²) in [6, 6.07) is 16.9. The standard InChI is InChI=1S/C26H24ClFN4O.C4H4O4/c1-3-31(4-2)17-20-9-7-8-19(29-20)13-15-25-30-23-14-12-18(28)16-21(23)26(33)32(25)24-11-6-5-10-22(24)27;5-3(6)1-2-4(7)8/h5-16H,3-4,17H2,1-2H3;1-2H,(H,5,6)(H,7,8)/b15-13+;2-1-. The van der Waals surface area contributed by atoms with Gasteiger partial charge in [-0.25, -0.2) is 19.0 Å². The van der Waals surface area contributed by atoms with E-state index in [0.29, 0.717) is 34.2 Å². The maximum Gasteiger partial charge on any atom is 0.328 e. The monoisotopic (exact) mass is 578 g/mol. The maximum absolute atomic E-state index is 13.9. The summed E-state index contributed by atoms with van der Waals surface area (Å²) in [4.78, 5) is 44.1. The first-order valence-electron chi connectivity index (χ1n) is 12.6. The first-order valence-corrected chi connectivity index (χ1v) is 13.0. The zero-order valence-corrected chi connectivity index (χ0v) is 23.1. The molecule has 0 bridgehead atoms. The molecule has 4 aromatic rings. The number of para-hydroxylation sites is 1. The van der Waals surface area contributed by atoms with Crippen molar-refractivity contribution in [3.05, 3.63) is 111 Å². The number of pyridine rings is 1. The molecule has 0 aliphatic rings. The minimum Gasteiger partial charge on any atom is -0.478 e. The molecule has 2 aromatic carbocycles. The van der Waals surface area contributed by atoms with Gasteiger partial charge in [0.25, 0.3) is 5.56 Å². The second-order valence-corrected chi connectivity index (χ2v) is 8.99. The highest BCUT2D eigenvalue weighted by Gasteiger charge is 2.14. The van der Waals surface area contributed by atoms with Gasteiger partial charge in [-0.1, -0.05) is 43.6 Å². The zero-order chi connectivity index (χ0) is 29.9. The Morgan fingerprint density at radius 3 is 2.27 bits per heavy atom. The van der Waals surface area contributed by atoms with Gasteiger partial charge in [-0.05, 0) is 67.7 Å². The van der Waals surface area contributed by atoms with Gasteiger partial charge in [0, 0.05) is 18.7 Å². The molecule has 0 atom stereocenters. The summed E-state index contributed by atoms with van der Waals surface area (Å²) in [5.41, 5.74) is 2.21. The number of fused-ring (bicyclic) bond motifs is 1. The van der Waals surface area contributed by atoms with Crippen molar-refractivity contribution in [1.82, 2.24) is 19.4 Å². The summed E-state index contributed by atoms with van der Waals surface area (Å²) in [6.45, 7) is 6.91. The van der Waals surface area contributed by atoms with Crippen molar-refractivity contribution >= 4 is 46.6 Å². The fraction of sp³-hybridized carbons (Fsp3) is 0.167. The quantitative estimate of drug-likeness (QED) is 0.256. The highest BCUT2D eigenvalue weighted by Crippen LogP contribution is 2.22. The Bertz CT molecular complexity index is 1650. The van der Waals surface area contributed by atoms with Gasteiger partial charge in [0.05, 0.1) is 33.0 Å². The first kappa shape index (κ1) is 30.9. The van der Waals surface area contributed by atoms with Crippen LogP contribution in [-0.4, -0.2) is 54.7 Å². The van der Waals surface area contributed by atoms with Crippen molar-refractivity contribution in [2.24, 2.45) is 0 Å². The van der Waals surface area contributed by atoms with E-state index in [2.05, 4.69) is 23.7 Å². The maximum atomic E-state index is 13.9. The molecule has 9 nitrogen and oxygen atoms in total. The first-order chi connectivity index (χ1) is 19.6. The Hall–Kier alpha value is -4.67. The molecule has 0 amide bonds. The molecule has 0 unspecified atom stereocenters. The fourth-order valence-electron chi connectivity index (χ4n) is 3.81. The van der Waals surface area contributed by atoms with Crippen LogP contribution in [-0.2, 0) is 16.1 Å². The number of carboxylic acid groups (broad SMARTS) is 2. The molecule has 2 N–H and O–H groups in total. The molecule has 0 spiro atoms. The summed E-state index contributed by atoms with van der Waals surface area (Å²) in [5.74, 6) is -2.63. The number of nitrogens with zero attached hydrogens (tertiary/aromatic N) is 4. The Morgan fingerprint density at radius 1 is 0.951 bits per heavy atom. The Morgan fingerprint density at radius 2 is 1.63 bits per heavy atom. The molecule has 0 aliphatic carbocycles. The molecule has 0 fully saturated rings. The van der Waals surface area contributed by atoms with E-state index >= 15 is 0 Å². The molecule has 212 valence electrons. The van der Waals surface area contributed by atoms with Crippen molar-refractivity contribution in [3.8, 4) is 5.69 Å². The van der Waals surface area contributed by atoms with E-state index in [4.69, 9.17) is 26.8 Å². The van der Waals surface area contributed by atoms with Gasteiger partial charge < -0.3 is 10.2 Å². The van der Waals surface area contributed by atoms with Gasteiger partial charge in [0.2, 0.25) is 0 Å². The zero-order valence-electron chi connectivity index (χ0n) is 22.4. The smallest absolute Gasteiger partial charge is 0.328 e. The summed E-state index contributed by atoms with van der Waals surface area (Å²) in [5, 5.41) is 16.2. The van der Waals surface area contributed by atoms with Crippen molar-refractivity contribution in [3.63, 3.8) is 0 Å². The van der Waals surface area contributed by atoms with Crippen LogP contribution in [0.5, 0.6) is 0 Å². The van der Waals surface area contributed by atoms with Gasteiger partial charge >= 0.3 is 11.9 Å². The third kappa shape index (κ3) is 8.66. The highest BCUT2D eigenvalue weighted by atomic mass is 35.5. The van der Waals surface area contributed by atoms with Crippen LogP contribution in [0, 0.1) is 5.82 Å². The lowest BCUT2D eigenvalue weighted by Gasteiger charge is -2.17. The van der Waals surface area contributed by atoms with Gasteiger partial charge in [0.15, 0.2) is 0 Å². The molecule has 41 heavy (non-hydrogen) atoms. The molecule has 0 saturated carbocycles. The molecule has 0 aliphatic heterocycles. The van der Waals surface area contributed by atoms with Crippen LogP contribution in [0.1, 0.15) is 31.1 Å². The topological polar surface area (TPSA) is 126 Å². The Kier molecular flexibility index (Phi) is 11.0. The van der Waals surface area contributed by atoms with Gasteiger partial charge in [-0.2, -0.15) is 0 Å². The number of hydrogen-bond donors (Lipinski definition) is 2. The van der Waals surface area contributed by atoms with E-state index < -0.39 is 23.3 Å². The van der Waals surface area contributed by atoms with E-state index in [1.54, 1.807) is 30.3 Å². The molecule has 2 heterocycles. The SMILES string of the molecule is CCN(CC)Cc1cccc(/C=C/c2nc3ccc(F)cc3c(=O)n2-c2ccccc2Cl)n1.O=C(O)/C=C\C(=O)O. The summed E-state index contributed by atoms with van der Waals surface area (Å²) < 4.78 is 15.3. The number of carbonyl (C=O) groups is 2. The number of aliphatic carboxylic acids is 2. The van der Waals surface area contributed by atoms with E-state index in [0.717, 1.165) is 31.0 Å². The third-order valence-electron chi connectivity index (χ3n) is 5.83. The van der Waals surface area contributed by atoms with Crippen LogP contribution in [0.3, 0.4) is 0 Å². The van der Waals surface area contributed by atoms with Crippen LogP contribution < -0.4 is 5.56 Å². The van der Waals surface area contributed by atoms with Crippen LogP contribution in [0.4, 0.5) is 4.39 Å². The second kappa shape index (κ2) is 14.6. The highest BCUT2D eigenvalue weighted by molar-refractivity contribution is 6.32. The van der Waals surface area contributed by atoms with Gasteiger partial charge in [-0.15, -0.1) is 0 Å². The molecular formula is C30H28ClFN4O5. The van der Waals surface area contributed by atoms with E-state index in [-0.39, 0.29) is 5.39 Å². The molecule has 4 rings (SSSR count). The number of carboxylic acids is 2. The van der Waals surface area contributed by atoms with Crippen LogP contribution in [0.25, 0.3) is 28.7 Å². The van der Waals surface area contributed by atoms with Gasteiger partial charge in [0.1, 0.15) is 11.6 Å². The van der Waals surface area contributed by atoms with Crippen LogP contribution in [0.15, 0.2) is 77.6 Å². The predicted octanol–water partition coefficient (Wildman–Crippen LogP) is 5.30. The Balaban J connectivity index is 0.000000507. The van der Waals surface area contributed by atoms with Crippen molar-refractivity contribution < 1.29 is 24.2 Å². The van der Waals surface area contributed by atoms with E-state index in [1.165, 1.54) is 22.8 Å². The molecule has 11 heteroatoms. The fourth-order valence-corrected chi connectivity index (χ4v) is 4.03. The third-order valence-corrected chi connectivity index (χ3v) is 6.15. The van der Waals surface area contributed by atoms with Crippen LogP contribution >= 0.6 is 11.6 Å². The van der Waals surface area contributed by atoms with Gasteiger partial charge in [-0.3, -0.25) is 19.2 Å². The summed E-state index contributed by atoms with van der Waals surface area (Å²) in [7, 11) is 0. The number of hydrogen-bond acceptors (Lipinski definition) is 6. The molecule has 2 aromatic heterocycles. The van der Waals surface area contributed by atoms with Crippen molar-refractivity contribution in [2.45, 2.75) is 20.4 Å². The average molecular weight is 579 g/mol. The summed E-state index contributed by atoms with van der Waals surface area (Å²) in [6.07, 6.45) is 4.66. The number of benzene rings is 2. The largest absolute Gasteiger partial charge is 0.478 e. The summed E-state index contributed by atoms with van der Waals surface area (Å²) >= 11 is 6.40. The number of aromatic nitrogens is 3. The van der Waals surface area contributed by atoms with Crippen LogP contribution in [0.2, 0.25) is 5.02 Å². The molecular weight excluding hydrogens is 551 g/mol. The Labute approximate surface area is 240 Å². The minimum atomic E-state index is -1.26. The lowest BCUT2D eigenvalue weighted by Crippen LogP contribution is -2.23. The lowest BCUT2D eigenvalue weighted by molar-refractivity contribution is -0.134. The van der Waals surface area contributed by atoms with E-state index in [1.807, 2.05) is 24.3 Å². The molecule has 0 radical (unpaired) electrons. The number of halogens is 2. The van der Waals surface area contributed by atoms with Crippen molar-refractivity contribution in [2.75, 3.05) is 13.1 Å². The average Bonchev–Trinajstić information content (AvgIpc) is 2.95. The van der Waals surface area contributed by atoms with E-state index in [9.17, 15) is 18.8 Å². The second-order valence-electron chi connectivity index (χ2n) is 8.58. The van der Waals surface area contributed by atoms with Crippen molar-refractivity contribution in [1.29, 1.82) is 0 Å². The lowest BCUT2D eigenvalue weighted by atomic mass is 10.2. The number of rotatable bonds is 9. The minimum absolute atomic E-state index is 0.186. The predicted molar refractivity (Wildman–Crippen MR) is 157 cm³/mol.